The number of hydrogen-bond donors (Lipinski definition) is 2. The van der Waals surface area contributed by atoms with E-state index in [9.17, 15) is 0 Å². The quantitative estimate of drug-likeness (QED) is 0.422. The van der Waals surface area contributed by atoms with Crippen LogP contribution in [0.15, 0.2) is 41.5 Å². The highest BCUT2D eigenvalue weighted by Crippen LogP contribution is 2.40. The molecule has 1 aromatic carbocycles. The van der Waals surface area contributed by atoms with Gasteiger partial charge in [-0.3, -0.25) is 9.98 Å². The molecule has 0 aliphatic heterocycles. The third-order valence-electron chi connectivity index (χ3n) is 5.68. The molecule has 0 atom stereocenters. The van der Waals surface area contributed by atoms with E-state index in [0.717, 1.165) is 37.8 Å². The van der Waals surface area contributed by atoms with Crippen LogP contribution in [0, 0.1) is 5.41 Å². The number of nitrogens with zero attached hydrogens (tertiary/aromatic N) is 2. The van der Waals surface area contributed by atoms with Gasteiger partial charge in [0, 0.05) is 38.4 Å². The van der Waals surface area contributed by atoms with Crippen molar-refractivity contribution in [2.45, 2.75) is 45.6 Å². The molecule has 2 N–H and O–H groups in total. The zero-order chi connectivity index (χ0) is 19.0. The van der Waals surface area contributed by atoms with Crippen LogP contribution in [0.3, 0.4) is 0 Å². The van der Waals surface area contributed by atoms with Crippen LogP contribution in [-0.2, 0) is 11.3 Å². The molecule has 0 spiro atoms. The summed E-state index contributed by atoms with van der Waals surface area (Å²) < 4.78 is 5.62. The van der Waals surface area contributed by atoms with Gasteiger partial charge in [0.2, 0.25) is 0 Å². The molecule has 5 nitrogen and oxygen atoms in total. The number of benzene rings is 1. The van der Waals surface area contributed by atoms with Crippen LogP contribution in [0.25, 0.3) is 10.8 Å². The largest absolute Gasteiger partial charge is 0.382 e. The molecule has 0 radical (unpaired) electrons. The molecule has 5 heteroatoms. The van der Waals surface area contributed by atoms with Crippen molar-refractivity contribution >= 4 is 16.7 Å². The zero-order valence-electron chi connectivity index (χ0n) is 16.6. The molecule has 0 unspecified atom stereocenters. The predicted octanol–water partition coefficient (Wildman–Crippen LogP) is 3.89. The summed E-state index contributed by atoms with van der Waals surface area (Å²) in [4.78, 5) is 8.96. The second-order valence-electron chi connectivity index (χ2n) is 7.41. The monoisotopic (exact) mass is 368 g/mol. The number of ether oxygens (including phenoxy) is 1. The van der Waals surface area contributed by atoms with Crippen LogP contribution in [0.2, 0.25) is 0 Å². The number of hydrogen-bond acceptors (Lipinski definition) is 3. The molecular formula is C22H32N4O. The van der Waals surface area contributed by atoms with E-state index in [4.69, 9.17) is 4.74 Å². The second kappa shape index (κ2) is 9.70. The number of fused-ring (bicyclic) bond motifs is 1. The Morgan fingerprint density at radius 3 is 2.78 bits per heavy atom. The van der Waals surface area contributed by atoms with Crippen molar-refractivity contribution in [2.75, 3.05) is 26.8 Å². The topological polar surface area (TPSA) is 58.5 Å². The SMILES string of the molecule is CCOCCC1(CNC(=NC)NCc2nccc3ccccc23)CCCC1. The van der Waals surface area contributed by atoms with E-state index >= 15 is 0 Å². The van der Waals surface area contributed by atoms with Gasteiger partial charge < -0.3 is 15.4 Å². The Balaban J connectivity index is 1.57. The normalized spacial score (nSPS) is 16.6. The fourth-order valence-corrected chi connectivity index (χ4v) is 4.06. The summed E-state index contributed by atoms with van der Waals surface area (Å²) in [6, 6.07) is 10.4. The van der Waals surface area contributed by atoms with Crippen LogP contribution in [0.4, 0.5) is 0 Å². The van der Waals surface area contributed by atoms with Crippen molar-refractivity contribution in [2.24, 2.45) is 10.4 Å². The number of nitrogens with one attached hydrogen (secondary N) is 2. The van der Waals surface area contributed by atoms with E-state index in [1.54, 1.807) is 0 Å². The summed E-state index contributed by atoms with van der Waals surface area (Å²) in [5.74, 6) is 0.840. The van der Waals surface area contributed by atoms with Crippen molar-refractivity contribution in [3.05, 3.63) is 42.2 Å². The second-order valence-corrected chi connectivity index (χ2v) is 7.41. The molecule has 1 aromatic heterocycles. The first-order valence-electron chi connectivity index (χ1n) is 10.1. The highest BCUT2D eigenvalue weighted by Gasteiger charge is 2.33. The summed E-state index contributed by atoms with van der Waals surface area (Å²) in [6.07, 6.45) is 8.18. The van der Waals surface area contributed by atoms with Crippen LogP contribution in [-0.4, -0.2) is 37.7 Å². The van der Waals surface area contributed by atoms with Gasteiger partial charge in [0.1, 0.15) is 0 Å². The number of pyridine rings is 1. The van der Waals surface area contributed by atoms with E-state index in [1.165, 1.54) is 36.5 Å². The minimum Gasteiger partial charge on any atom is -0.382 e. The molecule has 27 heavy (non-hydrogen) atoms. The van der Waals surface area contributed by atoms with Crippen molar-refractivity contribution < 1.29 is 4.74 Å². The maximum atomic E-state index is 5.62. The van der Waals surface area contributed by atoms with E-state index in [1.807, 2.05) is 19.3 Å². The standard InChI is InChI=1S/C22H32N4O/c1-3-27-15-13-22(11-6-7-12-22)17-26-21(23-2)25-16-20-19-9-5-4-8-18(19)10-14-24-20/h4-5,8-10,14H,3,6-7,11-13,15-17H2,1-2H3,(H2,23,25,26). The van der Waals surface area contributed by atoms with Crippen molar-refractivity contribution in [3.8, 4) is 0 Å². The predicted molar refractivity (Wildman–Crippen MR) is 112 cm³/mol. The van der Waals surface area contributed by atoms with E-state index < -0.39 is 0 Å². The first-order chi connectivity index (χ1) is 13.3. The molecule has 0 saturated heterocycles. The van der Waals surface area contributed by atoms with Crippen molar-refractivity contribution in [1.29, 1.82) is 0 Å². The van der Waals surface area contributed by atoms with Crippen LogP contribution in [0.5, 0.6) is 0 Å². The van der Waals surface area contributed by atoms with E-state index in [-0.39, 0.29) is 0 Å². The lowest BCUT2D eigenvalue weighted by atomic mass is 9.83. The molecule has 2 aromatic rings. The first-order valence-corrected chi connectivity index (χ1v) is 10.1. The van der Waals surface area contributed by atoms with Crippen LogP contribution >= 0.6 is 0 Å². The van der Waals surface area contributed by atoms with Gasteiger partial charge in [-0.05, 0) is 43.1 Å². The molecule has 0 bridgehead atoms. The van der Waals surface area contributed by atoms with E-state index in [0.29, 0.717) is 12.0 Å². The average molecular weight is 369 g/mol. The smallest absolute Gasteiger partial charge is 0.191 e. The Labute approximate surface area is 162 Å². The maximum absolute atomic E-state index is 5.62. The highest BCUT2D eigenvalue weighted by molar-refractivity contribution is 5.85. The lowest BCUT2D eigenvalue weighted by molar-refractivity contribution is 0.105. The summed E-state index contributed by atoms with van der Waals surface area (Å²) in [5.41, 5.74) is 1.38. The average Bonchev–Trinajstić information content (AvgIpc) is 3.17. The minimum atomic E-state index is 0.338. The minimum absolute atomic E-state index is 0.338. The fraction of sp³-hybridized carbons (Fsp3) is 0.545. The number of aromatic nitrogens is 1. The molecule has 1 aliphatic rings. The summed E-state index contributed by atoms with van der Waals surface area (Å²) >= 11 is 0. The highest BCUT2D eigenvalue weighted by atomic mass is 16.5. The maximum Gasteiger partial charge on any atom is 0.191 e. The third-order valence-corrected chi connectivity index (χ3v) is 5.68. The van der Waals surface area contributed by atoms with Gasteiger partial charge >= 0.3 is 0 Å². The van der Waals surface area contributed by atoms with Crippen LogP contribution in [0.1, 0.15) is 44.7 Å². The van der Waals surface area contributed by atoms with Gasteiger partial charge in [0.25, 0.3) is 0 Å². The Morgan fingerprint density at radius 2 is 2.00 bits per heavy atom. The van der Waals surface area contributed by atoms with Gasteiger partial charge in [-0.2, -0.15) is 0 Å². The fourth-order valence-electron chi connectivity index (χ4n) is 4.06. The molecule has 1 aliphatic carbocycles. The Kier molecular flexibility index (Phi) is 7.04. The molecular weight excluding hydrogens is 336 g/mol. The number of guanidine groups is 1. The zero-order valence-corrected chi connectivity index (χ0v) is 16.6. The Bertz CT molecular complexity index is 748. The molecule has 3 rings (SSSR count). The first kappa shape index (κ1) is 19.6. The number of rotatable bonds is 8. The Morgan fingerprint density at radius 1 is 1.19 bits per heavy atom. The summed E-state index contributed by atoms with van der Waals surface area (Å²) in [7, 11) is 1.83. The molecule has 1 fully saturated rings. The van der Waals surface area contributed by atoms with E-state index in [2.05, 4.69) is 51.8 Å². The molecule has 1 heterocycles. The molecule has 0 amide bonds. The van der Waals surface area contributed by atoms with Gasteiger partial charge in [0.05, 0.1) is 12.2 Å². The third kappa shape index (κ3) is 5.19. The lowest BCUT2D eigenvalue weighted by Crippen LogP contribution is -2.43. The van der Waals surface area contributed by atoms with Crippen molar-refractivity contribution in [3.63, 3.8) is 0 Å². The molecule has 1 saturated carbocycles. The summed E-state index contributed by atoms with van der Waals surface area (Å²) in [5, 5.41) is 9.39. The summed E-state index contributed by atoms with van der Waals surface area (Å²) in [6.45, 7) is 5.32. The van der Waals surface area contributed by atoms with Gasteiger partial charge in [-0.25, -0.2) is 0 Å². The molecule has 146 valence electrons. The van der Waals surface area contributed by atoms with Gasteiger partial charge in [0.15, 0.2) is 5.96 Å². The lowest BCUT2D eigenvalue weighted by Gasteiger charge is -2.30. The van der Waals surface area contributed by atoms with Crippen LogP contribution < -0.4 is 10.6 Å². The van der Waals surface area contributed by atoms with Crippen molar-refractivity contribution in [1.82, 2.24) is 15.6 Å². The van der Waals surface area contributed by atoms with Gasteiger partial charge in [-0.1, -0.05) is 37.1 Å². The van der Waals surface area contributed by atoms with Gasteiger partial charge in [-0.15, -0.1) is 0 Å². The Hall–Kier alpha value is -2.14. The number of aliphatic imine (C=N–C) groups is 1.